The van der Waals surface area contributed by atoms with Gasteiger partial charge in [0.1, 0.15) is 0 Å². The van der Waals surface area contributed by atoms with E-state index in [0.29, 0.717) is 17.5 Å². The first-order chi connectivity index (χ1) is 42.2. The predicted molar refractivity (Wildman–Crippen MR) is 354 cm³/mol. The maximum atomic E-state index is 5.44. The number of nitrogens with zero attached hydrogens (tertiary/aromatic N) is 4. The summed E-state index contributed by atoms with van der Waals surface area (Å²) < 4.78 is 2.64. The lowest BCUT2D eigenvalue weighted by atomic mass is 9.90. The van der Waals surface area contributed by atoms with Crippen molar-refractivity contribution in [3.63, 3.8) is 0 Å². The number of hydrogen-bond acceptors (Lipinski definition) is 3. The Balaban J connectivity index is 1.16. The number of aromatic nitrogens is 4. The van der Waals surface area contributed by atoms with Crippen LogP contribution in [0.5, 0.6) is 0 Å². The molecule has 0 fully saturated rings. The van der Waals surface area contributed by atoms with Crippen molar-refractivity contribution in [1.82, 2.24) is 19.5 Å². The molecule has 0 bridgehead atoms. The van der Waals surface area contributed by atoms with Gasteiger partial charge < -0.3 is 4.57 Å². The molecule has 0 aliphatic carbocycles. The average Bonchev–Trinajstić information content (AvgIpc) is 1.61. The van der Waals surface area contributed by atoms with Crippen molar-refractivity contribution >= 4 is 21.8 Å². The summed E-state index contributed by atoms with van der Waals surface area (Å²) in [4.78, 5) is 16.1. The molecule has 15 aromatic rings. The molecule has 4 nitrogen and oxygen atoms in total. The molecule has 2 heterocycles. The Labute approximate surface area is 495 Å². The van der Waals surface area contributed by atoms with Gasteiger partial charge in [-0.1, -0.05) is 315 Å². The molecule has 15 rings (SSSR count). The lowest BCUT2D eigenvalue weighted by molar-refractivity contribution is 1.07. The number of hydrogen-bond donors (Lipinski definition) is 0. The lowest BCUT2D eigenvalue weighted by Gasteiger charge is -2.23. The van der Waals surface area contributed by atoms with Gasteiger partial charge in [0.2, 0.25) is 0 Å². The first kappa shape index (κ1) is 50.6. The highest BCUT2D eigenvalue weighted by Gasteiger charge is 2.29. The van der Waals surface area contributed by atoms with Gasteiger partial charge in [-0.25, -0.2) is 15.0 Å². The highest BCUT2D eigenvalue weighted by atomic mass is 15.0. The minimum absolute atomic E-state index is 0.568. The molecular weight excluding hydrogens is 1030 g/mol. The van der Waals surface area contributed by atoms with Gasteiger partial charge in [0.25, 0.3) is 0 Å². The van der Waals surface area contributed by atoms with E-state index in [1.807, 2.05) is 36.4 Å². The van der Waals surface area contributed by atoms with Gasteiger partial charge in [0, 0.05) is 49.7 Å². The molecular formula is C81H54N4. The zero-order chi connectivity index (χ0) is 56.5. The number of rotatable bonds is 12. The van der Waals surface area contributed by atoms with Gasteiger partial charge >= 0.3 is 0 Å². The summed E-state index contributed by atoms with van der Waals surface area (Å²) in [7, 11) is 0. The van der Waals surface area contributed by atoms with Crippen molar-refractivity contribution in [2.24, 2.45) is 0 Å². The van der Waals surface area contributed by atoms with Gasteiger partial charge in [0.15, 0.2) is 17.5 Å². The molecule has 0 spiro atoms. The first-order valence-electron chi connectivity index (χ1n) is 28.9. The second-order valence-electron chi connectivity index (χ2n) is 21.4. The molecule has 0 radical (unpaired) electrons. The molecule has 13 aromatic carbocycles. The summed E-state index contributed by atoms with van der Waals surface area (Å²) in [5.41, 5.74) is 23.6. The van der Waals surface area contributed by atoms with Gasteiger partial charge in [-0.3, -0.25) is 0 Å². The van der Waals surface area contributed by atoms with Crippen LogP contribution in [0.3, 0.4) is 0 Å². The quantitative estimate of drug-likeness (QED) is 0.122. The van der Waals surface area contributed by atoms with E-state index in [0.717, 1.165) is 133 Å². The maximum Gasteiger partial charge on any atom is 0.164 e. The van der Waals surface area contributed by atoms with Crippen molar-refractivity contribution < 1.29 is 0 Å². The molecule has 398 valence electrons. The van der Waals surface area contributed by atoms with Gasteiger partial charge in [-0.05, 0) is 78.9 Å². The fraction of sp³-hybridized carbons (Fsp3) is 0. The third-order valence-electron chi connectivity index (χ3n) is 16.3. The van der Waals surface area contributed by atoms with E-state index in [1.54, 1.807) is 0 Å². The van der Waals surface area contributed by atoms with Gasteiger partial charge in [-0.2, -0.15) is 0 Å². The van der Waals surface area contributed by atoms with Crippen LogP contribution in [0.25, 0.3) is 151 Å². The van der Waals surface area contributed by atoms with Crippen molar-refractivity contribution in [2.45, 2.75) is 0 Å². The van der Waals surface area contributed by atoms with Crippen molar-refractivity contribution in [2.75, 3.05) is 0 Å². The average molecular weight is 1080 g/mol. The number of benzene rings is 13. The Morgan fingerprint density at radius 1 is 0.176 bits per heavy atom. The summed E-state index contributed by atoms with van der Waals surface area (Å²) in [6.45, 7) is 0. The van der Waals surface area contributed by atoms with Gasteiger partial charge in [0.05, 0.1) is 16.7 Å². The third-order valence-corrected chi connectivity index (χ3v) is 16.3. The van der Waals surface area contributed by atoms with E-state index in [4.69, 9.17) is 15.0 Å². The van der Waals surface area contributed by atoms with Crippen molar-refractivity contribution in [3.05, 3.63) is 328 Å². The van der Waals surface area contributed by atoms with Crippen LogP contribution in [0.15, 0.2) is 328 Å². The van der Waals surface area contributed by atoms with Crippen LogP contribution in [-0.4, -0.2) is 19.5 Å². The Morgan fingerprint density at radius 2 is 0.400 bits per heavy atom. The first-order valence-corrected chi connectivity index (χ1v) is 28.9. The summed E-state index contributed by atoms with van der Waals surface area (Å²) in [5.74, 6) is 1.76. The van der Waals surface area contributed by atoms with E-state index >= 15 is 0 Å². The Hall–Kier alpha value is -11.3. The molecule has 4 heteroatoms. The smallest absolute Gasteiger partial charge is 0.164 e. The van der Waals surface area contributed by atoms with E-state index in [1.165, 1.54) is 0 Å². The van der Waals surface area contributed by atoms with Crippen LogP contribution >= 0.6 is 0 Å². The van der Waals surface area contributed by atoms with E-state index in [-0.39, 0.29) is 0 Å². The molecule has 0 aliphatic heterocycles. The number of fused-ring (bicyclic) bond motifs is 3. The molecule has 85 heavy (non-hydrogen) atoms. The van der Waals surface area contributed by atoms with E-state index < -0.39 is 0 Å². The van der Waals surface area contributed by atoms with Crippen LogP contribution in [0.4, 0.5) is 0 Å². The Morgan fingerprint density at radius 3 is 0.718 bits per heavy atom. The molecule has 0 atom stereocenters. The topological polar surface area (TPSA) is 43.6 Å². The second kappa shape index (κ2) is 22.2. The standard InChI is InChI=1S/C81H54N4/c1-9-25-55(26-10-1)57-41-45-63(46-42-57)72-53-67(81-83-79(65-37-21-7-22-38-65)82-80(84-81)66-39-23-8-24-40-66)54-73(64-47-43-58(44-48-64)56-27-11-2-12-28-56)76(72)85-77-70(61-33-17-5-18-34-61)51-49-68(59-29-13-3-14-30-59)74(77)75-69(60-31-15-4-16-32-60)50-52-71(78(75)85)62-35-19-6-20-36-62/h1-54H. The third kappa shape index (κ3) is 9.58. The lowest BCUT2D eigenvalue weighted by Crippen LogP contribution is -2.05. The van der Waals surface area contributed by atoms with Crippen molar-refractivity contribution in [1.29, 1.82) is 0 Å². The highest BCUT2D eigenvalue weighted by Crippen LogP contribution is 2.52. The summed E-state index contributed by atoms with van der Waals surface area (Å²) in [6.07, 6.45) is 0. The molecule has 0 saturated heterocycles. The maximum absolute atomic E-state index is 5.44. The van der Waals surface area contributed by atoms with Crippen LogP contribution in [0.1, 0.15) is 0 Å². The largest absolute Gasteiger partial charge is 0.307 e. The fourth-order valence-electron chi connectivity index (χ4n) is 12.2. The normalized spacial score (nSPS) is 11.3. The molecule has 2 aromatic heterocycles. The van der Waals surface area contributed by atoms with Crippen molar-refractivity contribution in [3.8, 4) is 129 Å². The summed E-state index contributed by atoms with van der Waals surface area (Å²) in [6, 6.07) is 118. The molecule has 0 N–H and O–H groups in total. The second-order valence-corrected chi connectivity index (χ2v) is 21.4. The molecule has 0 aliphatic rings. The van der Waals surface area contributed by atoms with E-state index in [9.17, 15) is 0 Å². The van der Waals surface area contributed by atoms with Gasteiger partial charge in [-0.15, -0.1) is 0 Å². The molecule has 0 unspecified atom stereocenters. The monoisotopic (exact) mass is 1080 g/mol. The minimum atomic E-state index is 0.568. The minimum Gasteiger partial charge on any atom is -0.307 e. The molecule has 0 saturated carbocycles. The van der Waals surface area contributed by atoms with E-state index in [2.05, 4.69) is 296 Å². The van der Waals surface area contributed by atoms with Crippen LogP contribution in [-0.2, 0) is 0 Å². The molecule has 0 amide bonds. The summed E-state index contributed by atoms with van der Waals surface area (Å²) in [5, 5.41) is 2.33. The Kier molecular flexibility index (Phi) is 13.2. The van der Waals surface area contributed by atoms with Crippen LogP contribution < -0.4 is 0 Å². The fourth-order valence-corrected chi connectivity index (χ4v) is 12.2. The van der Waals surface area contributed by atoms with Crippen LogP contribution in [0, 0.1) is 0 Å². The highest BCUT2D eigenvalue weighted by molar-refractivity contribution is 6.26. The predicted octanol–water partition coefficient (Wildman–Crippen LogP) is 21.3. The SMILES string of the molecule is c1ccc(-c2ccc(-c3cc(-c4nc(-c5ccccc5)nc(-c5ccccc5)n4)cc(-c4ccc(-c5ccccc5)cc4)c3-n3c4c(-c5ccccc5)ccc(-c5ccccc5)c4c4c(-c5ccccc5)ccc(-c5ccccc5)c43)cc2)cc1. The zero-order valence-electron chi connectivity index (χ0n) is 46.5. The summed E-state index contributed by atoms with van der Waals surface area (Å²) >= 11 is 0. The van der Waals surface area contributed by atoms with Crippen LogP contribution in [0.2, 0.25) is 0 Å². The Bertz CT molecular complexity index is 4540. The zero-order valence-corrected chi connectivity index (χ0v) is 46.5.